The maximum absolute atomic E-state index is 5.27. The fraction of sp³-hybridized carbons (Fsp3) is 0.222. The van der Waals surface area contributed by atoms with Gasteiger partial charge in [0.05, 0.1) is 7.11 Å². The van der Waals surface area contributed by atoms with Crippen LogP contribution in [0.1, 0.15) is 23.3 Å². The molecule has 102 valence electrons. The molecule has 1 heterocycles. The van der Waals surface area contributed by atoms with Crippen molar-refractivity contribution in [2.75, 3.05) is 7.11 Å². The lowest BCUT2D eigenvalue weighted by atomic mass is 9.94. The van der Waals surface area contributed by atoms with Crippen molar-refractivity contribution in [1.82, 2.24) is 0 Å². The predicted octanol–water partition coefficient (Wildman–Crippen LogP) is 5.26. The second-order valence-corrected chi connectivity index (χ2v) is 6.19. The van der Waals surface area contributed by atoms with Gasteiger partial charge in [-0.25, -0.2) is 0 Å². The first-order chi connectivity index (χ1) is 9.76. The summed E-state index contributed by atoms with van der Waals surface area (Å²) in [5.41, 5.74) is 1.40. The Kier molecular flexibility index (Phi) is 3.75. The van der Waals surface area contributed by atoms with Crippen LogP contribution in [0.15, 0.2) is 53.9 Å². The van der Waals surface area contributed by atoms with Crippen molar-refractivity contribution in [3.63, 3.8) is 0 Å². The zero-order chi connectivity index (χ0) is 13.9. The fourth-order valence-corrected chi connectivity index (χ4v) is 3.36. The van der Waals surface area contributed by atoms with Crippen LogP contribution in [0, 0.1) is 0 Å². The minimum absolute atomic E-state index is 0.542. The van der Waals surface area contributed by atoms with Gasteiger partial charge in [0.25, 0.3) is 0 Å². The molecule has 3 rings (SSSR count). The lowest BCUT2D eigenvalue weighted by molar-refractivity contribution is 0.415. The molecule has 0 N–H and O–H groups in total. The van der Waals surface area contributed by atoms with E-state index in [1.54, 1.807) is 7.11 Å². The molecule has 1 nitrogen and oxygen atoms in total. The first-order valence-corrected chi connectivity index (χ1v) is 7.74. The first-order valence-electron chi connectivity index (χ1n) is 6.86. The van der Waals surface area contributed by atoms with Gasteiger partial charge in [0.1, 0.15) is 5.75 Å². The molecule has 0 bridgehead atoms. The van der Waals surface area contributed by atoms with Crippen LogP contribution in [0.3, 0.4) is 0 Å². The number of hydrogen-bond donors (Lipinski definition) is 0. The molecule has 2 heteroatoms. The summed E-state index contributed by atoms with van der Waals surface area (Å²) in [7, 11) is 1.71. The molecule has 0 aliphatic rings. The predicted molar refractivity (Wildman–Crippen MR) is 86.9 cm³/mol. The van der Waals surface area contributed by atoms with Crippen molar-refractivity contribution in [2.24, 2.45) is 0 Å². The van der Waals surface area contributed by atoms with Gasteiger partial charge >= 0.3 is 0 Å². The van der Waals surface area contributed by atoms with E-state index in [4.69, 9.17) is 4.74 Å². The van der Waals surface area contributed by atoms with Gasteiger partial charge in [-0.05, 0) is 52.3 Å². The Bertz CT molecular complexity index is 701. The Morgan fingerprint density at radius 3 is 2.60 bits per heavy atom. The SMILES string of the molecule is COc1ccc2cc(C(C)Cc3cccs3)ccc2c1. The fourth-order valence-electron chi connectivity index (χ4n) is 2.52. The van der Waals surface area contributed by atoms with Crippen LogP contribution in [-0.2, 0) is 6.42 Å². The van der Waals surface area contributed by atoms with Gasteiger partial charge < -0.3 is 4.74 Å². The van der Waals surface area contributed by atoms with E-state index in [1.807, 2.05) is 17.4 Å². The molecule has 1 atom stereocenters. The zero-order valence-corrected chi connectivity index (χ0v) is 12.6. The molecule has 0 saturated heterocycles. The van der Waals surface area contributed by atoms with E-state index >= 15 is 0 Å². The van der Waals surface area contributed by atoms with Gasteiger partial charge in [-0.2, -0.15) is 0 Å². The van der Waals surface area contributed by atoms with Crippen LogP contribution in [0.4, 0.5) is 0 Å². The van der Waals surface area contributed by atoms with Gasteiger partial charge in [-0.1, -0.05) is 37.3 Å². The Hall–Kier alpha value is -1.80. The lowest BCUT2D eigenvalue weighted by Crippen LogP contribution is -1.96. The summed E-state index contributed by atoms with van der Waals surface area (Å²) in [6, 6.07) is 17.3. The van der Waals surface area contributed by atoms with Crippen LogP contribution in [0.5, 0.6) is 5.75 Å². The Morgan fingerprint density at radius 1 is 1.05 bits per heavy atom. The zero-order valence-electron chi connectivity index (χ0n) is 11.8. The molecular formula is C18H18OS. The summed E-state index contributed by atoms with van der Waals surface area (Å²) >= 11 is 1.84. The number of benzene rings is 2. The molecular weight excluding hydrogens is 264 g/mol. The largest absolute Gasteiger partial charge is 0.497 e. The van der Waals surface area contributed by atoms with E-state index in [-0.39, 0.29) is 0 Å². The number of methoxy groups -OCH3 is 1. The molecule has 0 fully saturated rings. The summed E-state index contributed by atoms with van der Waals surface area (Å²) in [6.07, 6.45) is 1.11. The highest BCUT2D eigenvalue weighted by Crippen LogP contribution is 2.27. The van der Waals surface area contributed by atoms with Crippen molar-refractivity contribution in [3.8, 4) is 5.75 Å². The van der Waals surface area contributed by atoms with Crippen LogP contribution in [0.2, 0.25) is 0 Å². The number of rotatable bonds is 4. The van der Waals surface area contributed by atoms with Crippen molar-refractivity contribution in [2.45, 2.75) is 19.3 Å². The quantitative estimate of drug-likeness (QED) is 0.634. The van der Waals surface area contributed by atoms with Crippen LogP contribution < -0.4 is 4.74 Å². The van der Waals surface area contributed by atoms with Crippen molar-refractivity contribution in [3.05, 3.63) is 64.4 Å². The van der Waals surface area contributed by atoms with Crippen molar-refractivity contribution < 1.29 is 4.74 Å². The second kappa shape index (κ2) is 5.68. The number of hydrogen-bond acceptors (Lipinski definition) is 2. The minimum Gasteiger partial charge on any atom is -0.497 e. The Labute approximate surface area is 123 Å². The summed E-state index contributed by atoms with van der Waals surface area (Å²) in [4.78, 5) is 1.45. The van der Waals surface area contributed by atoms with Gasteiger partial charge in [-0.15, -0.1) is 11.3 Å². The van der Waals surface area contributed by atoms with E-state index < -0.39 is 0 Å². The highest BCUT2D eigenvalue weighted by molar-refractivity contribution is 7.09. The van der Waals surface area contributed by atoms with Crippen LogP contribution >= 0.6 is 11.3 Å². The third-order valence-electron chi connectivity index (χ3n) is 3.73. The van der Waals surface area contributed by atoms with E-state index in [1.165, 1.54) is 21.2 Å². The molecule has 1 aromatic heterocycles. The topological polar surface area (TPSA) is 9.23 Å². The van der Waals surface area contributed by atoms with E-state index in [0.717, 1.165) is 12.2 Å². The molecule has 0 spiro atoms. The Balaban J connectivity index is 1.88. The maximum atomic E-state index is 5.27. The molecule has 2 aromatic carbocycles. The number of ether oxygens (including phenoxy) is 1. The second-order valence-electron chi connectivity index (χ2n) is 5.16. The van der Waals surface area contributed by atoms with Crippen LogP contribution in [-0.4, -0.2) is 7.11 Å². The van der Waals surface area contributed by atoms with Gasteiger partial charge in [-0.3, -0.25) is 0 Å². The molecule has 0 aliphatic heterocycles. The molecule has 0 amide bonds. The van der Waals surface area contributed by atoms with E-state index in [9.17, 15) is 0 Å². The van der Waals surface area contributed by atoms with E-state index in [2.05, 4.69) is 54.8 Å². The molecule has 0 radical (unpaired) electrons. The summed E-state index contributed by atoms with van der Waals surface area (Å²) in [6.45, 7) is 2.30. The molecule has 20 heavy (non-hydrogen) atoms. The molecule has 1 unspecified atom stereocenters. The molecule has 0 aliphatic carbocycles. The molecule has 3 aromatic rings. The number of thiophene rings is 1. The summed E-state index contributed by atoms with van der Waals surface area (Å²) in [5, 5.41) is 4.66. The van der Waals surface area contributed by atoms with Gasteiger partial charge in [0.2, 0.25) is 0 Å². The smallest absolute Gasteiger partial charge is 0.119 e. The van der Waals surface area contributed by atoms with Gasteiger partial charge in [0.15, 0.2) is 0 Å². The average molecular weight is 282 g/mol. The maximum Gasteiger partial charge on any atom is 0.119 e. The standard InChI is InChI=1S/C18H18OS/c1-13(10-18-4-3-9-20-18)14-5-6-16-12-17(19-2)8-7-15(16)11-14/h3-9,11-13H,10H2,1-2H3. The number of fused-ring (bicyclic) bond motifs is 1. The van der Waals surface area contributed by atoms with Crippen molar-refractivity contribution in [1.29, 1.82) is 0 Å². The normalized spacial score (nSPS) is 12.5. The lowest BCUT2D eigenvalue weighted by Gasteiger charge is -2.12. The third kappa shape index (κ3) is 2.70. The van der Waals surface area contributed by atoms with E-state index in [0.29, 0.717) is 5.92 Å². The third-order valence-corrected chi connectivity index (χ3v) is 4.63. The minimum atomic E-state index is 0.542. The first kappa shape index (κ1) is 13.2. The highest BCUT2D eigenvalue weighted by Gasteiger charge is 2.08. The monoisotopic (exact) mass is 282 g/mol. The van der Waals surface area contributed by atoms with Crippen LogP contribution in [0.25, 0.3) is 10.8 Å². The molecule has 0 saturated carbocycles. The average Bonchev–Trinajstić information content (AvgIpc) is 2.99. The Morgan fingerprint density at radius 2 is 1.85 bits per heavy atom. The highest BCUT2D eigenvalue weighted by atomic mass is 32.1. The summed E-state index contributed by atoms with van der Waals surface area (Å²) in [5.74, 6) is 1.46. The van der Waals surface area contributed by atoms with Crippen molar-refractivity contribution >= 4 is 22.1 Å². The van der Waals surface area contributed by atoms with Gasteiger partial charge in [0, 0.05) is 4.88 Å². The summed E-state index contributed by atoms with van der Waals surface area (Å²) < 4.78 is 5.27.